The van der Waals surface area contributed by atoms with Crippen molar-refractivity contribution in [3.05, 3.63) is 35.9 Å². The van der Waals surface area contributed by atoms with Crippen LogP contribution in [0.3, 0.4) is 0 Å². The van der Waals surface area contributed by atoms with E-state index in [1.807, 2.05) is 37.3 Å². The number of aliphatic carboxylic acids is 1. The molecule has 4 atom stereocenters. The number of carbonyl (C=O) groups excluding carboxylic acids is 3. The third-order valence-corrected chi connectivity index (χ3v) is 4.66. The van der Waals surface area contributed by atoms with E-state index in [-0.39, 0.29) is 12.3 Å². The van der Waals surface area contributed by atoms with E-state index < -0.39 is 55.0 Å². The average molecular weight is 422 g/mol. The van der Waals surface area contributed by atoms with Crippen molar-refractivity contribution < 1.29 is 29.4 Å². The minimum absolute atomic E-state index is 0.250. The van der Waals surface area contributed by atoms with Gasteiger partial charge in [0.15, 0.2) is 0 Å². The number of hydrogen-bond donors (Lipinski definition) is 6. The first-order chi connectivity index (χ1) is 14.2. The van der Waals surface area contributed by atoms with E-state index in [9.17, 15) is 24.3 Å². The van der Waals surface area contributed by atoms with Gasteiger partial charge in [-0.15, -0.1) is 0 Å². The molecule has 0 saturated carbocycles. The maximum atomic E-state index is 12.5. The third-order valence-electron chi connectivity index (χ3n) is 4.66. The number of nitrogens with two attached hydrogens (primary N) is 1. The number of hydrogen-bond acceptors (Lipinski definition) is 6. The minimum Gasteiger partial charge on any atom is -0.480 e. The van der Waals surface area contributed by atoms with Crippen molar-refractivity contribution in [2.75, 3.05) is 13.2 Å². The lowest BCUT2D eigenvalue weighted by Gasteiger charge is -2.26. The van der Waals surface area contributed by atoms with Gasteiger partial charge in [-0.3, -0.25) is 19.2 Å². The number of benzene rings is 1. The Morgan fingerprint density at radius 2 is 1.67 bits per heavy atom. The molecule has 1 aromatic rings. The number of rotatable bonds is 12. The third kappa shape index (κ3) is 8.18. The first kappa shape index (κ1) is 25.1. The van der Waals surface area contributed by atoms with Crippen molar-refractivity contribution >= 4 is 23.7 Å². The van der Waals surface area contributed by atoms with Gasteiger partial charge in [-0.05, 0) is 17.9 Å². The molecule has 7 N–H and O–H groups in total. The molecule has 10 heteroatoms. The van der Waals surface area contributed by atoms with E-state index in [0.29, 0.717) is 6.42 Å². The molecule has 0 saturated heterocycles. The molecule has 10 nitrogen and oxygen atoms in total. The normalized spacial score (nSPS) is 14.7. The van der Waals surface area contributed by atoms with Crippen LogP contribution in [0.1, 0.15) is 25.8 Å². The smallest absolute Gasteiger partial charge is 0.322 e. The van der Waals surface area contributed by atoms with Crippen molar-refractivity contribution in [3.8, 4) is 0 Å². The summed E-state index contributed by atoms with van der Waals surface area (Å²) in [7, 11) is 0. The topological polar surface area (TPSA) is 171 Å². The molecular formula is C20H30N4O6. The molecule has 1 rings (SSSR count). The lowest BCUT2D eigenvalue weighted by Crippen LogP contribution is -2.58. The van der Waals surface area contributed by atoms with E-state index in [0.717, 1.165) is 5.56 Å². The number of carboxylic acid groups (broad SMARTS) is 1. The predicted octanol–water partition coefficient (Wildman–Crippen LogP) is -1.23. The van der Waals surface area contributed by atoms with Crippen LogP contribution in [0.25, 0.3) is 0 Å². The fourth-order valence-corrected chi connectivity index (χ4v) is 2.66. The second kappa shape index (κ2) is 12.6. The number of aliphatic hydroxyl groups is 1. The number of carbonyl (C=O) groups is 4. The van der Waals surface area contributed by atoms with Gasteiger partial charge in [0.2, 0.25) is 17.7 Å². The van der Waals surface area contributed by atoms with Crippen LogP contribution in [0, 0.1) is 5.92 Å². The number of amides is 3. The van der Waals surface area contributed by atoms with Crippen molar-refractivity contribution in [2.45, 2.75) is 44.8 Å². The first-order valence-corrected chi connectivity index (χ1v) is 9.70. The Labute approximate surface area is 175 Å². The largest absolute Gasteiger partial charge is 0.480 e. The Balaban J connectivity index is 2.74. The van der Waals surface area contributed by atoms with Crippen LogP contribution in [-0.4, -0.2) is 65.2 Å². The molecule has 0 fully saturated rings. The second-order valence-electron chi connectivity index (χ2n) is 7.02. The van der Waals surface area contributed by atoms with Crippen LogP contribution in [0.2, 0.25) is 0 Å². The van der Waals surface area contributed by atoms with Crippen LogP contribution in [0.5, 0.6) is 0 Å². The van der Waals surface area contributed by atoms with E-state index in [2.05, 4.69) is 16.0 Å². The second-order valence-corrected chi connectivity index (χ2v) is 7.02. The Hall–Kier alpha value is -2.98. The molecule has 3 amide bonds. The molecule has 0 aliphatic rings. The van der Waals surface area contributed by atoms with Gasteiger partial charge in [0.25, 0.3) is 0 Å². The highest BCUT2D eigenvalue weighted by atomic mass is 16.4. The molecule has 30 heavy (non-hydrogen) atoms. The van der Waals surface area contributed by atoms with Gasteiger partial charge in [-0.1, -0.05) is 50.6 Å². The van der Waals surface area contributed by atoms with Gasteiger partial charge in [-0.25, -0.2) is 0 Å². The predicted molar refractivity (Wildman–Crippen MR) is 109 cm³/mol. The van der Waals surface area contributed by atoms with E-state index in [4.69, 9.17) is 10.8 Å². The molecule has 0 heterocycles. The molecule has 0 bridgehead atoms. The molecule has 0 aliphatic carbocycles. The van der Waals surface area contributed by atoms with Crippen molar-refractivity contribution in [1.29, 1.82) is 0 Å². The summed E-state index contributed by atoms with van der Waals surface area (Å²) in [5.74, 6) is -3.58. The zero-order chi connectivity index (χ0) is 22.7. The highest BCUT2D eigenvalue weighted by molar-refractivity contribution is 5.93. The lowest BCUT2D eigenvalue weighted by molar-refractivity contribution is -0.139. The number of aliphatic hydroxyl groups excluding tert-OH is 1. The molecule has 0 spiro atoms. The summed E-state index contributed by atoms with van der Waals surface area (Å²) in [6.07, 6.45) is 0.781. The maximum Gasteiger partial charge on any atom is 0.322 e. The summed E-state index contributed by atoms with van der Waals surface area (Å²) in [6, 6.07) is 5.83. The average Bonchev–Trinajstić information content (AvgIpc) is 2.73. The Bertz CT molecular complexity index is 727. The van der Waals surface area contributed by atoms with E-state index in [1.54, 1.807) is 6.92 Å². The van der Waals surface area contributed by atoms with Gasteiger partial charge < -0.3 is 31.9 Å². The monoisotopic (exact) mass is 422 g/mol. The van der Waals surface area contributed by atoms with Gasteiger partial charge in [-0.2, -0.15) is 0 Å². The Morgan fingerprint density at radius 3 is 2.20 bits per heavy atom. The number of carboxylic acids is 1. The maximum absolute atomic E-state index is 12.5. The van der Waals surface area contributed by atoms with Gasteiger partial charge in [0, 0.05) is 0 Å². The fraction of sp³-hybridized carbons (Fsp3) is 0.500. The van der Waals surface area contributed by atoms with Crippen LogP contribution in [-0.2, 0) is 25.6 Å². The standard InChI is InChI=1S/C20H30N4O6/c1-3-12(2)17(20(30)22-10-16(26)27)24-19(29)15(11-25)23-18(28)14(21)9-13-7-5-4-6-8-13/h4-8,12,14-15,17,25H,3,9-11,21H2,1-2H3,(H,22,30)(H,23,28)(H,24,29)(H,26,27). The summed E-state index contributed by atoms with van der Waals surface area (Å²) >= 11 is 0. The van der Waals surface area contributed by atoms with Crippen molar-refractivity contribution in [2.24, 2.45) is 11.7 Å². The quantitative estimate of drug-likeness (QED) is 0.245. The highest BCUT2D eigenvalue weighted by Crippen LogP contribution is 2.08. The Morgan fingerprint density at radius 1 is 1.03 bits per heavy atom. The van der Waals surface area contributed by atoms with E-state index in [1.165, 1.54) is 0 Å². The van der Waals surface area contributed by atoms with Crippen LogP contribution >= 0.6 is 0 Å². The van der Waals surface area contributed by atoms with Gasteiger partial charge in [0.05, 0.1) is 12.6 Å². The number of nitrogens with one attached hydrogen (secondary N) is 3. The fourth-order valence-electron chi connectivity index (χ4n) is 2.66. The SMILES string of the molecule is CCC(C)C(NC(=O)C(CO)NC(=O)C(N)Cc1ccccc1)C(=O)NCC(=O)O. The van der Waals surface area contributed by atoms with E-state index >= 15 is 0 Å². The molecule has 4 unspecified atom stereocenters. The summed E-state index contributed by atoms with van der Waals surface area (Å²) < 4.78 is 0. The molecule has 0 aliphatic heterocycles. The lowest BCUT2D eigenvalue weighted by atomic mass is 9.98. The first-order valence-electron chi connectivity index (χ1n) is 9.70. The van der Waals surface area contributed by atoms with Crippen molar-refractivity contribution in [1.82, 2.24) is 16.0 Å². The molecule has 166 valence electrons. The summed E-state index contributed by atoms with van der Waals surface area (Å²) in [5, 5.41) is 25.3. The summed E-state index contributed by atoms with van der Waals surface area (Å²) in [4.78, 5) is 47.8. The molecular weight excluding hydrogens is 392 g/mol. The zero-order valence-electron chi connectivity index (χ0n) is 17.1. The zero-order valence-corrected chi connectivity index (χ0v) is 17.1. The van der Waals surface area contributed by atoms with Gasteiger partial charge in [0.1, 0.15) is 18.6 Å². The molecule has 0 radical (unpaired) electrons. The Kier molecular flexibility index (Phi) is 10.5. The summed E-state index contributed by atoms with van der Waals surface area (Å²) in [5.41, 5.74) is 6.74. The van der Waals surface area contributed by atoms with Crippen LogP contribution < -0.4 is 21.7 Å². The van der Waals surface area contributed by atoms with Crippen LogP contribution in [0.15, 0.2) is 30.3 Å². The summed E-state index contributed by atoms with van der Waals surface area (Å²) in [6.45, 7) is 2.24. The molecule has 1 aromatic carbocycles. The van der Waals surface area contributed by atoms with Crippen LogP contribution in [0.4, 0.5) is 0 Å². The van der Waals surface area contributed by atoms with Gasteiger partial charge >= 0.3 is 5.97 Å². The highest BCUT2D eigenvalue weighted by Gasteiger charge is 2.30. The molecule has 0 aromatic heterocycles. The van der Waals surface area contributed by atoms with Crippen molar-refractivity contribution in [3.63, 3.8) is 0 Å². The minimum atomic E-state index is -1.31.